The molecule has 26 heavy (non-hydrogen) atoms. The molecule has 1 aromatic heterocycles. The van der Waals surface area contributed by atoms with Gasteiger partial charge in [-0.25, -0.2) is 0 Å². The number of nitrogens with one attached hydrogen (secondary N) is 2. The third kappa shape index (κ3) is 6.99. The second kappa shape index (κ2) is 12.0. The molecule has 142 valence electrons. The van der Waals surface area contributed by atoms with Crippen molar-refractivity contribution in [1.82, 2.24) is 15.6 Å². The molecule has 0 spiro atoms. The number of methoxy groups -OCH3 is 1. The average molecular weight is 489 g/mol. The topological polar surface area (TPSA) is 58.5 Å². The van der Waals surface area contributed by atoms with Gasteiger partial charge in [0.2, 0.25) is 0 Å². The zero-order valence-electron chi connectivity index (χ0n) is 15.4. The number of ether oxygens (including phenoxy) is 1. The molecule has 2 aromatic rings. The molecule has 0 amide bonds. The maximum absolute atomic E-state index is 6.26. The van der Waals surface area contributed by atoms with Crippen molar-refractivity contribution >= 4 is 41.5 Å². The predicted molar refractivity (Wildman–Crippen MR) is 119 cm³/mol. The van der Waals surface area contributed by atoms with E-state index in [2.05, 4.69) is 33.6 Å². The maximum Gasteiger partial charge on any atom is 0.190 e. The Balaban J connectivity index is 0.00000338. The van der Waals surface area contributed by atoms with Crippen LogP contribution >= 0.6 is 35.6 Å². The van der Waals surface area contributed by atoms with E-state index in [9.17, 15) is 0 Å². The molecule has 0 saturated heterocycles. The van der Waals surface area contributed by atoms with E-state index >= 15 is 0 Å². The van der Waals surface area contributed by atoms with Crippen LogP contribution in [0.4, 0.5) is 0 Å². The van der Waals surface area contributed by atoms with Crippen LogP contribution in [0.1, 0.15) is 16.7 Å². The molecule has 0 aliphatic carbocycles. The van der Waals surface area contributed by atoms with E-state index in [4.69, 9.17) is 16.3 Å². The lowest BCUT2D eigenvalue weighted by Gasteiger charge is -2.13. The van der Waals surface area contributed by atoms with Crippen LogP contribution in [0, 0.1) is 6.92 Å². The minimum Gasteiger partial charge on any atom is -0.497 e. The Morgan fingerprint density at radius 3 is 2.42 bits per heavy atom. The van der Waals surface area contributed by atoms with Crippen molar-refractivity contribution in [2.24, 2.45) is 4.99 Å². The lowest BCUT2D eigenvalue weighted by atomic mass is 10.1. The van der Waals surface area contributed by atoms with Crippen LogP contribution < -0.4 is 15.4 Å². The summed E-state index contributed by atoms with van der Waals surface area (Å²) >= 11 is 6.26. The highest BCUT2D eigenvalue weighted by molar-refractivity contribution is 14.0. The largest absolute Gasteiger partial charge is 0.497 e. The van der Waals surface area contributed by atoms with Crippen molar-refractivity contribution in [2.45, 2.75) is 19.8 Å². The summed E-state index contributed by atoms with van der Waals surface area (Å²) in [4.78, 5) is 8.37. The molecule has 7 heteroatoms. The third-order valence-corrected chi connectivity index (χ3v) is 4.35. The fraction of sp³-hybridized carbons (Fsp3) is 0.368. The van der Waals surface area contributed by atoms with Gasteiger partial charge in [0.15, 0.2) is 5.96 Å². The van der Waals surface area contributed by atoms with E-state index in [0.29, 0.717) is 0 Å². The summed E-state index contributed by atoms with van der Waals surface area (Å²) in [6.07, 6.45) is 5.46. The van der Waals surface area contributed by atoms with Crippen molar-refractivity contribution in [3.8, 4) is 5.75 Å². The van der Waals surface area contributed by atoms with Gasteiger partial charge in [0.25, 0.3) is 0 Å². The van der Waals surface area contributed by atoms with Gasteiger partial charge >= 0.3 is 0 Å². The predicted octanol–water partition coefficient (Wildman–Crippen LogP) is 3.62. The number of guanidine groups is 1. The van der Waals surface area contributed by atoms with Gasteiger partial charge in [0, 0.05) is 37.6 Å². The molecule has 0 fully saturated rings. The molecule has 0 aliphatic rings. The number of aromatic nitrogens is 1. The first-order valence-electron chi connectivity index (χ1n) is 8.30. The quantitative estimate of drug-likeness (QED) is 0.355. The van der Waals surface area contributed by atoms with Gasteiger partial charge in [0.05, 0.1) is 7.11 Å². The molecule has 2 N–H and O–H groups in total. The Bertz CT molecular complexity index is 724. The van der Waals surface area contributed by atoms with Crippen molar-refractivity contribution in [1.29, 1.82) is 0 Å². The Kier molecular flexibility index (Phi) is 10.3. The first-order valence-corrected chi connectivity index (χ1v) is 8.68. The van der Waals surface area contributed by atoms with Crippen LogP contribution in [-0.4, -0.2) is 38.2 Å². The Labute approximate surface area is 177 Å². The fourth-order valence-corrected chi connectivity index (χ4v) is 2.76. The SMILES string of the molecule is CN=C(NCCc1ccncc1C)NCCc1ccc(OC)cc1Cl.I. The van der Waals surface area contributed by atoms with Crippen molar-refractivity contribution in [3.63, 3.8) is 0 Å². The minimum atomic E-state index is 0. The van der Waals surface area contributed by atoms with Crippen LogP contribution in [0.2, 0.25) is 5.02 Å². The molecule has 1 heterocycles. The van der Waals surface area contributed by atoms with Gasteiger partial charge in [-0.2, -0.15) is 0 Å². The molecule has 0 atom stereocenters. The molecule has 0 saturated carbocycles. The van der Waals surface area contributed by atoms with Gasteiger partial charge in [-0.15, -0.1) is 24.0 Å². The third-order valence-electron chi connectivity index (χ3n) is 3.99. The first kappa shape index (κ1) is 22.5. The lowest BCUT2D eigenvalue weighted by Crippen LogP contribution is -2.39. The number of aryl methyl sites for hydroxylation is 1. The minimum absolute atomic E-state index is 0. The second-order valence-electron chi connectivity index (χ2n) is 5.69. The van der Waals surface area contributed by atoms with Crippen molar-refractivity contribution in [2.75, 3.05) is 27.2 Å². The lowest BCUT2D eigenvalue weighted by molar-refractivity contribution is 0.414. The molecule has 0 bridgehead atoms. The van der Waals surface area contributed by atoms with Gasteiger partial charge in [-0.05, 0) is 54.7 Å². The summed E-state index contributed by atoms with van der Waals surface area (Å²) in [6.45, 7) is 3.64. The molecule has 1 aromatic carbocycles. The molecule has 0 unspecified atom stereocenters. The van der Waals surface area contributed by atoms with E-state index in [1.807, 2.05) is 30.6 Å². The first-order chi connectivity index (χ1) is 12.1. The normalized spacial score (nSPS) is 10.8. The number of halogens is 2. The van der Waals surface area contributed by atoms with E-state index in [0.717, 1.165) is 48.2 Å². The summed E-state index contributed by atoms with van der Waals surface area (Å²) < 4.78 is 5.17. The summed E-state index contributed by atoms with van der Waals surface area (Å²) in [5.41, 5.74) is 3.59. The summed E-state index contributed by atoms with van der Waals surface area (Å²) in [7, 11) is 3.41. The highest BCUT2D eigenvalue weighted by Gasteiger charge is 2.04. The molecular formula is C19H26ClIN4O. The Hall–Kier alpha value is -1.54. The van der Waals surface area contributed by atoms with E-state index in [1.54, 1.807) is 14.2 Å². The summed E-state index contributed by atoms with van der Waals surface area (Å²) in [6, 6.07) is 7.80. The average Bonchev–Trinajstić information content (AvgIpc) is 2.63. The van der Waals surface area contributed by atoms with Crippen LogP contribution in [0.25, 0.3) is 0 Å². The summed E-state index contributed by atoms with van der Waals surface area (Å²) in [5, 5.41) is 7.36. The number of pyridine rings is 1. The monoisotopic (exact) mass is 488 g/mol. The number of hydrogen-bond acceptors (Lipinski definition) is 3. The highest BCUT2D eigenvalue weighted by Crippen LogP contribution is 2.22. The molecule has 2 rings (SSSR count). The van der Waals surface area contributed by atoms with Gasteiger partial charge in [-0.1, -0.05) is 17.7 Å². The molecule has 5 nitrogen and oxygen atoms in total. The number of aliphatic imine (C=N–C) groups is 1. The Morgan fingerprint density at radius 1 is 1.15 bits per heavy atom. The zero-order chi connectivity index (χ0) is 18.1. The Morgan fingerprint density at radius 2 is 1.85 bits per heavy atom. The van der Waals surface area contributed by atoms with E-state index in [1.165, 1.54) is 11.1 Å². The fourth-order valence-electron chi connectivity index (χ4n) is 2.49. The molecule has 0 aliphatic heterocycles. The maximum atomic E-state index is 6.26. The summed E-state index contributed by atoms with van der Waals surface area (Å²) in [5.74, 6) is 1.56. The number of rotatable bonds is 7. The van der Waals surface area contributed by atoms with Crippen molar-refractivity contribution in [3.05, 3.63) is 58.4 Å². The second-order valence-corrected chi connectivity index (χ2v) is 6.09. The molecule has 0 radical (unpaired) electrons. The van der Waals surface area contributed by atoms with E-state index in [-0.39, 0.29) is 24.0 Å². The molecular weight excluding hydrogens is 463 g/mol. The van der Waals surface area contributed by atoms with Crippen LogP contribution in [0.15, 0.2) is 41.7 Å². The zero-order valence-corrected chi connectivity index (χ0v) is 18.5. The van der Waals surface area contributed by atoms with E-state index < -0.39 is 0 Å². The van der Waals surface area contributed by atoms with Gasteiger partial charge in [-0.3, -0.25) is 9.98 Å². The van der Waals surface area contributed by atoms with Crippen LogP contribution in [0.5, 0.6) is 5.75 Å². The van der Waals surface area contributed by atoms with Crippen LogP contribution in [0.3, 0.4) is 0 Å². The number of hydrogen-bond donors (Lipinski definition) is 2. The smallest absolute Gasteiger partial charge is 0.190 e. The number of benzene rings is 1. The van der Waals surface area contributed by atoms with Crippen molar-refractivity contribution < 1.29 is 4.74 Å². The number of nitrogens with zero attached hydrogens (tertiary/aromatic N) is 2. The highest BCUT2D eigenvalue weighted by atomic mass is 127. The van der Waals surface area contributed by atoms with Crippen LogP contribution in [-0.2, 0) is 12.8 Å². The standard InChI is InChI=1S/C19H25ClN4O.HI/c1-14-13-22-9-6-15(14)7-10-23-19(21-2)24-11-8-16-4-5-17(25-3)12-18(16)20;/h4-6,9,12-13H,7-8,10-11H2,1-3H3,(H2,21,23,24);1H. The van der Waals surface area contributed by atoms with Gasteiger partial charge < -0.3 is 15.4 Å². The van der Waals surface area contributed by atoms with Gasteiger partial charge in [0.1, 0.15) is 5.75 Å².